The molecule has 15 heavy (non-hydrogen) atoms. The molecule has 0 radical (unpaired) electrons. The average molecular weight is 200 g/mol. The Labute approximate surface area is 88.2 Å². The fraction of sp³-hybridized carbons (Fsp3) is 0.154. The number of hydrogen-bond acceptors (Lipinski definition) is 2. The van der Waals surface area contributed by atoms with Gasteiger partial charge in [0.15, 0.2) is 5.78 Å². The normalized spacial score (nSPS) is 10.5. The average Bonchev–Trinajstić information content (AvgIpc) is 2.17. The van der Waals surface area contributed by atoms with Gasteiger partial charge in [0.2, 0.25) is 0 Å². The number of fused-ring (bicyclic) bond motifs is 1. The molecule has 1 N–H and O–H groups in total. The number of hydrogen-bond donors (Lipinski definition) is 1. The number of carbonyl (C=O) groups excluding carboxylic acids is 1. The van der Waals surface area contributed by atoms with Crippen LogP contribution < -0.4 is 0 Å². The van der Waals surface area contributed by atoms with E-state index in [4.69, 9.17) is 0 Å². The van der Waals surface area contributed by atoms with Crippen LogP contribution in [0.2, 0.25) is 0 Å². The summed E-state index contributed by atoms with van der Waals surface area (Å²) in [5.41, 5.74) is 1.37. The smallest absolute Gasteiger partial charge is 0.163 e. The maximum absolute atomic E-state index is 11.3. The monoisotopic (exact) mass is 200 g/mol. The Bertz CT molecular complexity index is 541. The summed E-state index contributed by atoms with van der Waals surface area (Å²) < 4.78 is 0. The third-order valence-corrected chi connectivity index (χ3v) is 2.61. The Morgan fingerprint density at radius 2 is 1.93 bits per heavy atom. The fourth-order valence-corrected chi connectivity index (χ4v) is 1.82. The highest BCUT2D eigenvalue weighted by atomic mass is 16.3. The van der Waals surface area contributed by atoms with Crippen LogP contribution in [0.3, 0.4) is 0 Å². The Morgan fingerprint density at radius 3 is 2.60 bits per heavy atom. The van der Waals surface area contributed by atoms with Gasteiger partial charge in [0.25, 0.3) is 0 Å². The molecule has 0 aliphatic heterocycles. The highest BCUT2D eigenvalue weighted by molar-refractivity contribution is 6.04. The van der Waals surface area contributed by atoms with E-state index in [1.807, 2.05) is 31.2 Å². The number of aryl methyl sites for hydroxylation is 1. The van der Waals surface area contributed by atoms with Crippen LogP contribution in [-0.4, -0.2) is 10.9 Å². The summed E-state index contributed by atoms with van der Waals surface area (Å²) in [4.78, 5) is 11.3. The molecule has 0 bridgehead atoms. The van der Waals surface area contributed by atoms with Gasteiger partial charge in [-0.2, -0.15) is 0 Å². The third-order valence-electron chi connectivity index (χ3n) is 2.61. The van der Waals surface area contributed by atoms with Gasteiger partial charge in [0.1, 0.15) is 5.75 Å². The molecule has 2 aromatic rings. The number of aromatic hydroxyl groups is 1. The maximum Gasteiger partial charge on any atom is 0.163 e. The standard InChI is InChI=1S/C13H12O2/c1-8-4-3-5-10-6-7-11(9(2)14)13(15)12(8)10/h3-7,15H,1-2H3. The molecular weight excluding hydrogens is 188 g/mol. The number of rotatable bonds is 1. The van der Waals surface area contributed by atoms with Gasteiger partial charge in [-0.05, 0) is 30.9 Å². The highest BCUT2D eigenvalue weighted by Crippen LogP contribution is 2.31. The summed E-state index contributed by atoms with van der Waals surface area (Å²) in [7, 11) is 0. The van der Waals surface area contributed by atoms with Gasteiger partial charge in [-0.3, -0.25) is 4.79 Å². The maximum atomic E-state index is 11.3. The third kappa shape index (κ3) is 1.48. The molecule has 0 saturated carbocycles. The molecule has 0 unspecified atom stereocenters. The first-order valence-corrected chi connectivity index (χ1v) is 4.83. The van der Waals surface area contributed by atoms with E-state index >= 15 is 0 Å². The van der Waals surface area contributed by atoms with Crippen molar-refractivity contribution in [3.63, 3.8) is 0 Å². The van der Waals surface area contributed by atoms with Crippen molar-refractivity contribution in [1.29, 1.82) is 0 Å². The van der Waals surface area contributed by atoms with Crippen LogP contribution in [0.15, 0.2) is 30.3 Å². The van der Waals surface area contributed by atoms with Crippen LogP contribution in [0.1, 0.15) is 22.8 Å². The van der Waals surface area contributed by atoms with Crippen molar-refractivity contribution in [1.82, 2.24) is 0 Å². The van der Waals surface area contributed by atoms with E-state index in [9.17, 15) is 9.90 Å². The molecule has 0 saturated heterocycles. The predicted octanol–water partition coefficient (Wildman–Crippen LogP) is 3.06. The van der Waals surface area contributed by atoms with Gasteiger partial charge in [-0.25, -0.2) is 0 Å². The van der Waals surface area contributed by atoms with Gasteiger partial charge < -0.3 is 5.11 Å². The molecule has 0 atom stereocenters. The summed E-state index contributed by atoms with van der Waals surface area (Å²) in [6, 6.07) is 9.31. The van der Waals surface area contributed by atoms with Gasteiger partial charge >= 0.3 is 0 Å². The number of Topliss-reactive ketones (excluding diaryl/α,β-unsaturated/α-hetero) is 1. The Morgan fingerprint density at radius 1 is 1.20 bits per heavy atom. The fourth-order valence-electron chi connectivity index (χ4n) is 1.82. The second-order valence-electron chi connectivity index (χ2n) is 3.69. The molecule has 2 aromatic carbocycles. The Balaban J connectivity index is 2.89. The minimum atomic E-state index is -0.113. The lowest BCUT2D eigenvalue weighted by Gasteiger charge is -2.07. The molecule has 0 fully saturated rings. The van der Waals surface area contributed by atoms with E-state index in [-0.39, 0.29) is 11.5 Å². The topological polar surface area (TPSA) is 37.3 Å². The second kappa shape index (κ2) is 3.39. The van der Waals surface area contributed by atoms with E-state index in [0.29, 0.717) is 5.56 Å². The molecule has 2 heteroatoms. The molecule has 2 rings (SSSR count). The number of ketones is 1. The van der Waals surface area contributed by atoms with Crippen LogP contribution >= 0.6 is 0 Å². The molecule has 0 spiro atoms. The SMILES string of the molecule is CC(=O)c1ccc2cccc(C)c2c1O. The lowest BCUT2D eigenvalue weighted by molar-refractivity contribution is 0.101. The minimum absolute atomic E-state index is 0.0955. The van der Waals surface area contributed by atoms with E-state index < -0.39 is 0 Å². The summed E-state index contributed by atoms with van der Waals surface area (Å²) in [6.07, 6.45) is 0. The molecule has 0 amide bonds. The van der Waals surface area contributed by atoms with Crippen LogP contribution in [0.25, 0.3) is 10.8 Å². The zero-order valence-electron chi connectivity index (χ0n) is 8.74. The molecule has 2 nitrogen and oxygen atoms in total. The van der Waals surface area contributed by atoms with Crippen LogP contribution in [-0.2, 0) is 0 Å². The molecule has 0 aliphatic carbocycles. The van der Waals surface area contributed by atoms with E-state index in [1.54, 1.807) is 6.07 Å². The molecule has 76 valence electrons. The van der Waals surface area contributed by atoms with Crippen molar-refractivity contribution in [2.45, 2.75) is 13.8 Å². The van der Waals surface area contributed by atoms with Gasteiger partial charge in [-0.1, -0.05) is 24.3 Å². The molecule has 0 aromatic heterocycles. The van der Waals surface area contributed by atoms with Gasteiger partial charge in [0.05, 0.1) is 5.56 Å². The quantitative estimate of drug-likeness (QED) is 0.718. The highest BCUT2D eigenvalue weighted by Gasteiger charge is 2.10. The van der Waals surface area contributed by atoms with Crippen molar-refractivity contribution in [2.24, 2.45) is 0 Å². The first kappa shape index (κ1) is 9.71. The second-order valence-corrected chi connectivity index (χ2v) is 3.69. The van der Waals surface area contributed by atoms with Crippen molar-refractivity contribution in [3.8, 4) is 5.75 Å². The van der Waals surface area contributed by atoms with E-state index in [2.05, 4.69) is 0 Å². The summed E-state index contributed by atoms with van der Waals surface area (Å²) in [6.45, 7) is 3.38. The number of benzene rings is 2. The first-order chi connectivity index (χ1) is 7.11. The zero-order chi connectivity index (χ0) is 11.0. The number of phenolic OH excluding ortho intramolecular Hbond substituents is 1. The Hall–Kier alpha value is -1.83. The minimum Gasteiger partial charge on any atom is -0.507 e. The number of phenols is 1. The summed E-state index contributed by atoms with van der Waals surface area (Å²) in [5.74, 6) is -0.0178. The van der Waals surface area contributed by atoms with Gasteiger partial charge in [-0.15, -0.1) is 0 Å². The lowest BCUT2D eigenvalue weighted by Crippen LogP contribution is -1.93. The summed E-state index contributed by atoms with van der Waals surface area (Å²) in [5, 5.41) is 11.7. The molecular formula is C13H12O2. The van der Waals surface area contributed by atoms with Crippen LogP contribution in [0.5, 0.6) is 5.75 Å². The molecule has 0 heterocycles. The zero-order valence-corrected chi connectivity index (χ0v) is 8.74. The number of carbonyl (C=O) groups is 1. The van der Waals surface area contributed by atoms with E-state index in [0.717, 1.165) is 16.3 Å². The predicted molar refractivity (Wildman–Crippen MR) is 60.4 cm³/mol. The summed E-state index contributed by atoms with van der Waals surface area (Å²) >= 11 is 0. The van der Waals surface area contributed by atoms with Crippen LogP contribution in [0, 0.1) is 6.92 Å². The van der Waals surface area contributed by atoms with E-state index in [1.165, 1.54) is 6.92 Å². The van der Waals surface area contributed by atoms with Crippen molar-refractivity contribution < 1.29 is 9.90 Å². The largest absolute Gasteiger partial charge is 0.507 e. The molecule has 0 aliphatic rings. The van der Waals surface area contributed by atoms with Crippen molar-refractivity contribution in [3.05, 3.63) is 41.5 Å². The van der Waals surface area contributed by atoms with Crippen molar-refractivity contribution >= 4 is 16.6 Å². The first-order valence-electron chi connectivity index (χ1n) is 4.83. The van der Waals surface area contributed by atoms with Gasteiger partial charge in [0, 0.05) is 5.39 Å². The van der Waals surface area contributed by atoms with Crippen LogP contribution in [0.4, 0.5) is 0 Å². The van der Waals surface area contributed by atoms with Crippen molar-refractivity contribution in [2.75, 3.05) is 0 Å². The Kier molecular flexibility index (Phi) is 2.19. The lowest BCUT2D eigenvalue weighted by atomic mass is 10.00.